The number of methoxy groups -OCH3 is 1. The summed E-state index contributed by atoms with van der Waals surface area (Å²) in [5, 5.41) is 24.2. The number of halogens is 3. The van der Waals surface area contributed by atoms with Gasteiger partial charge in [0.15, 0.2) is 0 Å². The topological polar surface area (TPSA) is 95.0 Å². The van der Waals surface area contributed by atoms with E-state index in [1.165, 1.54) is 6.20 Å². The van der Waals surface area contributed by atoms with Crippen LogP contribution in [0.25, 0.3) is 10.9 Å². The van der Waals surface area contributed by atoms with Crippen molar-refractivity contribution in [3.8, 4) is 11.5 Å². The molecule has 1 N–H and O–H groups in total. The van der Waals surface area contributed by atoms with Crippen LogP contribution >= 0.6 is 11.6 Å². The second kappa shape index (κ2) is 11.6. The Morgan fingerprint density at radius 3 is 2.54 bits per heavy atom. The summed E-state index contributed by atoms with van der Waals surface area (Å²) in [6, 6.07) is 8.28. The normalized spacial score (nSPS) is 16.5. The van der Waals surface area contributed by atoms with Crippen LogP contribution in [0.3, 0.4) is 0 Å². The maximum atomic E-state index is 13.3. The van der Waals surface area contributed by atoms with Crippen LogP contribution in [-0.2, 0) is 4.79 Å². The summed E-state index contributed by atoms with van der Waals surface area (Å²) in [6.45, 7) is 1.66. The summed E-state index contributed by atoms with van der Waals surface area (Å²) < 4.78 is 37.4. The number of aliphatic hydroxyl groups is 1. The predicted molar refractivity (Wildman–Crippen MR) is 132 cm³/mol. The first-order valence-corrected chi connectivity index (χ1v) is 12.4. The molecular formula is C27H28ClF2N2O5-. The van der Waals surface area contributed by atoms with E-state index in [0.717, 1.165) is 18.2 Å². The number of rotatable bonds is 10. The van der Waals surface area contributed by atoms with E-state index in [2.05, 4.69) is 4.98 Å². The van der Waals surface area contributed by atoms with Crippen molar-refractivity contribution >= 4 is 28.5 Å². The number of nitrogens with zero attached hydrogens (tertiary/aromatic N) is 2. The molecule has 198 valence electrons. The molecule has 0 bridgehead atoms. The molecule has 1 fully saturated rings. The molecule has 1 aromatic heterocycles. The molecule has 0 spiro atoms. The van der Waals surface area contributed by atoms with Crippen molar-refractivity contribution in [1.82, 2.24) is 9.88 Å². The number of likely N-dealkylation sites (tertiary alicyclic amines) is 1. The number of carboxylic acids is 1. The molecule has 1 aliphatic rings. The zero-order valence-corrected chi connectivity index (χ0v) is 21.1. The molecule has 1 atom stereocenters. The molecule has 0 aliphatic carbocycles. The highest BCUT2D eigenvalue weighted by molar-refractivity contribution is 6.32. The fourth-order valence-electron chi connectivity index (χ4n) is 4.86. The minimum absolute atomic E-state index is 0.104. The Labute approximate surface area is 218 Å². The molecule has 37 heavy (non-hydrogen) atoms. The fraction of sp³-hybridized carbons (Fsp3) is 0.407. The Morgan fingerprint density at radius 1 is 1.19 bits per heavy atom. The number of carboxylic acid groups (broad SMARTS) is 1. The smallest absolute Gasteiger partial charge is 0.129 e. The van der Waals surface area contributed by atoms with Gasteiger partial charge in [0, 0.05) is 53.3 Å². The van der Waals surface area contributed by atoms with Crippen molar-refractivity contribution in [1.29, 1.82) is 0 Å². The van der Waals surface area contributed by atoms with E-state index >= 15 is 0 Å². The van der Waals surface area contributed by atoms with Gasteiger partial charge in [0.25, 0.3) is 0 Å². The third kappa shape index (κ3) is 6.29. The van der Waals surface area contributed by atoms with Gasteiger partial charge >= 0.3 is 0 Å². The van der Waals surface area contributed by atoms with Crippen LogP contribution in [0, 0.1) is 17.0 Å². The summed E-state index contributed by atoms with van der Waals surface area (Å²) in [4.78, 5) is 18.5. The lowest BCUT2D eigenvalue weighted by Crippen LogP contribution is -2.50. The number of hydrogen-bond acceptors (Lipinski definition) is 7. The molecule has 0 radical (unpaired) electrons. The van der Waals surface area contributed by atoms with Crippen LogP contribution in [0.2, 0.25) is 5.02 Å². The van der Waals surface area contributed by atoms with Gasteiger partial charge < -0.3 is 24.5 Å². The van der Waals surface area contributed by atoms with E-state index in [-0.39, 0.29) is 25.2 Å². The summed E-state index contributed by atoms with van der Waals surface area (Å²) >= 11 is 6.39. The van der Waals surface area contributed by atoms with Crippen LogP contribution in [0.5, 0.6) is 11.5 Å². The molecule has 2 aromatic carbocycles. The quantitative estimate of drug-likeness (QED) is 0.422. The molecule has 1 unspecified atom stereocenters. The van der Waals surface area contributed by atoms with Gasteiger partial charge in [-0.1, -0.05) is 11.6 Å². The SMILES string of the molecule is COc1ccc2ncc(Cl)c(C(O)CCC3(C(=O)[O-])CCN(CCOc4cc(F)cc(F)c4)CC3)c2c1. The Morgan fingerprint density at radius 2 is 1.89 bits per heavy atom. The highest BCUT2D eigenvalue weighted by Gasteiger charge is 2.36. The largest absolute Gasteiger partial charge is 0.550 e. The van der Waals surface area contributed by atoms with Gasteiger partial charge in [-0.2, -0.15) is 0 Å². The molecule has 4 rings (SSSR count). The maximum Gasteiger partial charge on any atom is 0.129 e. The number of fused-ring (bicyclic) bond motifs is 1. The Bertz CT molecular complexity index is 1250. The number of ether oxygens (including phenoxy) is 2. The molecule has 2 heterocycles. The van der Waals surface area contributed by atoms with E-state index in [1.54, 1.807) is 25.3 Å². The highest BCUT2D eigenvalue weighted by atomic mass is 35.5. The van der Waals surface area contributed by atoms with Crippen molar-refractivity contribution in [2.45, 2.75) is 31.8 Å². The lowest BCUT2D eigenvalue weighted by atomic mass is 9.74. The lowest BCUT2D eigenvalue weighted by molar-refractivity contribution is -0.322. The zero-order valence-electron chi connectivity index (χ0n) is 20.4. The second-order valence-corrected chi connectivity index (χ2v) is 9.73. The number of aliphatic hydroxyl groups excluding tert-OH is 1. The molecule has 0 saturated carbocycles. The van der Waals surface area contributed by atoms with Crippen molar-refractivity contribution < 1.29 is 33.3 Å². The number of piperidine rings is 1. The Balaban J connectivity index is 1.37. The number of carbonyl (C=O) groups is 1. The molecule has 10 heteroatoms. The van der Waals surface area contributed by atoms with Gasteiger partial charge in [0.2, 0.25) is 0 Å². The van der Waals surface area contributed by atoms with E-state index in [0.29, 0.717) is 59.7 Å². The summed E-state index contributed by atoms with van der Waals surface area (Å²) in [6.07, 6.45) is 1.55. The average Bonchev–Trinajstić information content (AvgIpc) is 2.87. The highest BCUT2D eigenvalue weighted by Crippen LogP contribution is 2.40. The van der Waals surface area contributed by atoms with Crippen molar-refractivity contribution in [2.24, 2.45) is 5.41 Å². The Kier molecular flexibility index (Phi) is 8.46. The van der Waals surface area contributed by atoms with Gasteiger partial charge in [-0.05, 0) is 57.0 Å². The maximum absolute atomic E-state index is 13.3. The van der Waals surface area contributed by atoms with Crippen molar-refractivity contribution in [3.05, 3.63) is 64.8 Å². The monoisotopic (exact) mass is 533 g/mol. The van der Waals surface area contributed by atoms with Crippen LogP contribution < -0.4 is 14.6 Å². The molecular weight excluding hydrogens is 506 g/mol. The number of aliphatic carboxylic acids is 1. The number of pyridine rings is 1. The predicted octanol–water partition coefficient (Wildman–Crippen LogP) is 3.90. The number of hydrogen-bond donors (Lipinski definition) is 1. The summed E-state index contributed by atoms with van der Waals surface area (Å²) in [5.41, 5.74) is 0.0459. The lowest BCUT2D eigenvalue weighted by Gasteiger charge is -2.43. The van der Waals surface area contributed by atoms with Gasteiger partial charge in [-0.3, -0.25) is 9.88 Å². The third-order valence-corrected chi connectivity index (χ3v) is 7.36. The summed E-state index contributed by atoms with van der Waals surface area (Å²) in [5.74, 6) is -1.87. The summed E-state index contributed by atoms with van der Waals surface area (Å²) in [7, 11) is 1.54. The van der Waals surface area contributed by atoms with Gasteiger partial charge in [0.05, 0.1) is 23.8 Å². The van der Waals surface area contributed by atoms with E-state index in [9.17, 15) is 23.8 Å². The number of carbonyl (C=O) groups excluding carboxylic acids is 1. The van der Waals surface area contributed by atoms with Crippen LogP contribution in [0.15, 0.2) is 42.6 Å². The van der Waals surface area contributed by atoms with E-state index < -0.39 is 29.1 Å². The fourth-order valence-corrected chi connectivity index (χ4v) is 5.13. The zero-order chi connectivity index (χ0) is 26.6. The van der Waals surface area contributed by atoms with Crippen molar-refractivity contribution in [3.63, 3.8) is 0 Å². The Hall–Kier alpha value is -3.01. The standard InChI is InChI=1S/C27H29ClF2N2O5/c1-36-19-2-3-23-21(15-19)25(22(28)16-31-23)24(33)4-5-27(26(34)35)6-8-32(9-7-27)10-11-37-20-13-17(29)12-18(30)14-20/h2-3,12-16,24,33H,4-11H2,1H3,(H,34,35)/p-1. The van der Waals surface area contributed by atoms with E-state index in [1.807, 2.05) is 4.90 Å². The average molecular weight is 534 g/mol. The first-order valence-electron chi connectivity index (χ1n) is 12.0. The minimum Gasteiger partial charge on any atom is -0.550 e. The third-order valence-electron chi connectivity index (χ3n) is 7.06. The van der Waals surface area contributed by atoms with Gasteiger partial charge in [0.1, 0.15) is 29.7 Å². The minimum atomic E-state index is -1.14. The van der Waals surface area contributed by atoms with Crippen LogP contribution in [-0.4, -0.2) is 54.3 Å². The first kappa shape index (κ1) is 27.0. The van der Waals surface area contributed by atoms with Gasteiger partial charge in [-0.25, -0.2) is 8.78 Å². The number of aromatic nitrogens is 1. The van der Waals surface area contributed by atoms with Crippen LogP contribution in [0.4, 0.5) is 8.78 Å². The molecule has 3 aromatic rings. The molecule has 0 amide bonds. The molecule has 1 aliphatic heterocycles. The van der Waals surface area contributed by atoms with E-state index in [4.69, 9.17) is 21.1 Å². The first-order chi connectivity index (χ1) is 17.7. The van der Waals surface area contributed by atoms with Crippen LogP contribution in [0.1, 0.15) is 37.4 Å². The second-order valence-electron chi connectivity index (χ2n) is 9.32. The number of benzene rings is 2. The van der Waals surface area contributed by atoms with Crippen molar-refractivity contribution in [2.75, 3.05) is 33.4 Å². The van der Waals surface area contributed by atoms with Gasteiger partial charge in [-0.15, -0.1) is 0 Å². The molecule has 1 saturated heterocycles. The molecule has 7 nitrogen and oxygen atoms in total.